The highest BCUT2D eigenvalue weighted by Gasteiger charge is 2.06. The zero-order valence-electron chi connectivity index (χ0n) is 17.7. The Kier molecular flexibility index (Phi) is 9.85. The highest BCUT2D eigenvalue weighted by molar-refractivity contribution is 7.09. The van der Waals surface area contributed by atoms with Crippen molar-refractivity contribution in [3.8, 4) is 17.2 Å². The average Bonchev–Trinajstić information content (AvgIpc) is 3.35. The maximum absolute atomic E-state index is 11.9. The maximum Gasteiger partial charge on any atom is 0.258 e. The van der Waals surface area contributed by atoms with Gasteiger partial charge in [0.2, 0.25) is 0 Å². The third-order valence-electron chi connectivity index (χ3n) is 4.35. The number of aliphatic hydroxyl groups excluding tert-OH is 1. The number of hydrogen-bond acceptors (Lipinski definition) is 7. The molecule has 7 nitrogen and oxygen atoms in total. The van der Waals surface area contributed by atoms with E-state index < -0.39 is 6.10 Å². The van der Waals surface area contributed by atoms with Crippen molar-refractivity contribution < 1.29 is 24.1 Å². The van der Waals surface area contributed by atoms with Crippen LogP contribution in [0.15, 0.2) is 72.1 Å². The van der Waals surface area contributed by atoms with Crippen molar-refractivity contribution in [3.63, 3.8) is 0 Å². The van der Waals surface area contributed by atoms with Gasteiger partial charge in [-0.3, -0.25) is 4.79 Å². The summed E-state index contributed by atoms with van der Waals surface area (Å²) in [6.45, 7) is 2.16. The lowest BCUT2D eigenvalue weighted by Crippen LogP contribution is -2.33. The lowest BCUT2D eigenvalue weighted by Gasteiger charge is -2.13. The van der Waals surface area contributed by atoms with E-state index in [-0.39, 0.29) is 19.1 Å². The molecule has 1 amide bonds. The maximum atomic E-state index is 11.9. The molecule has 32 heavy (non-hydrogen) atoms. The van der Waals surface area contributed by atoms with Gasteiger partial charge < -0.3 is 30.0 Å². The van der Waals surface area contributed by atoms with Crippen LogP contribution in [0, 0.1) is 0 Å². The molecule has 0 saturated heterocycles. The molecule has 0 saturated carbocycles. The van der Waals surface area contributed by atoms with E-state index in [0.717, 1.165) is 10.6 Å². The lowest BCUT2D eigenvalue weighted by atomic mass is 10.3. The van der Waals surface area contributed by atoms with E-state index in [1.54, 1.807) is 35.6 Å². The summed E-state index contributed by atoms with van der Waals surface area (Å²) in [5.74, 6) is 1.88. The molecule has 1 aromatic heterocycles. The van der Waals surface area contributed by atoms with Gasteiger partial charge in [-0.1, -0.05) is 24.3 Å². The van der Waals surface area contributed by atoms with Crippen LogP contribution in [0.4, 0.5) is 0 Å². The molecule has 3 aromatic rings. The molecule has 170 valence electrons. The molecule has 0 radical (unpaired) electrons. The van der Waals surface area contributed by atoms with E-state index in [0.29, 0.717) is 37.7 Å². The molecule has 3 N–H and O–H groups in total. The Labute approximate surface area is 192 Å². The molecule has 8 heteroatoms. The molecular weight excluding hydrogens is 428 g/mol. The number of carbonyl (C=O) groups excluding carboxylic acids is 1. The Hall–Kier alpha value is -3.07. The lowest BCUT2D eigenvalue weighted by molar-refractivity contribution is -0.123. The number of amides is 1. The first kappa shape index (κ1) is 23.6. The fraction of sp³-hybridized carbons (Fsp3) is 0.292. The van der Waals surface area contributed by atoms with Crippen LogP contribution in [-0.4, -0.2) is 50.0 Å². The van der Waals surface area contributed by atoms with Crippen LogP contribution in [0.3, 0.4) is 0 Å². The van der Waals surface area contributed by atoms with Crippen LogP contribution >= 0.6 is 11.3 Å². The van der Waals surface area contributed by atoms with Gasteiger partial charge in [-0.2, -0.15) is 0 Å². The van der Waals surface area contributed by atoms with Gasteiger partial charge >= 0.3 is 0 Å². The number of para-hydroxylation sites is 1. The number of rotatable bonds is 14. The Morgan fingerprint density at radius 1 is 0.906 bits per heavy atom. The number of carbonyl (C=O) groups is 1. The van der Waals surface area contributed by atoms with Gasteiger partial charge in [0, 0.05) is 18.0 Å². The summed E-state index contributed by atoms with van der Waals surface area (Å²) in [7, 11) is 0. The molecule has 0 aliphatic heterocycles. The minimum atomic E-state index is -0.603. The van der Waals surface area contributed by atoms with Gasteiger partial charge in [0.25, 0.3) is 5.91 Å². The second kappa shape index (κ2) is 13.4. The number of ether oxygens (including phenoxy) is 3. The highest BCUT2D eigenvalue weighted by atomic mass is 32.1. The van der Waals surface area contributed by atoms with Gasteiger partial charge in [-0.15, -0.1) is 11.3 Å². The molecule has 0 fully saturated rings. The first-order valence-corrected chi connectivity index (χ1v) is 11.3. The van der Waals surface area contributed by atoms with E-state index in [4.69, 9.17) is 14.2 Å². The quantitative estimate of drug-likeness (QED) is 0.323. The van der Waals surface area contributed by atoms with Gasteiger partial charge in [0.15, 0.2) is 6.61 Å². The minimum Gasteiger partial charge on any atom is -0.492 e. The number of thiophene rings is 1. The van der Waals surface area contributed by atoms with Crippen molar-refractivity contribution in [1.29, 1.82) is 0 Å². The Bertz CT molecular complexity index is 904. The van der Waals surface area contributed by atoms with E-state index in [1.807, 2.05) is 47.8 Å². The fourth-order valence-corrected chi connectivity index (χ4v) is 3.35. The van der Waals surface area contributed by atoms with E-state index in [1.165, 1.54) is 0 Å². The van der Waals surface area contributed by atoms with E-state index >= 15 is 0 Å². The highest BCUT2D eigenvalue weighted by Crippen LogP contribution is 2.17. The third-order valence-corrected chi connectivity index (χ3v) is 5.22. The molecule has 1 unspecified atom stereocenters. The zero-order chi connectivity index (χ0) is 22.4. The third kappa shape index (κ3) is 8.97. The van der Waals surface area contributed by atoms with E-state index in [9.17, 15) is 9.90 Å². The number of benzene rings is 2. The Morgan fingerprint density at radius 2 is 1.62 bits per heavy atom. The molecule has 0 spiro atoms. The van der Waals surface area contributed by atoms with Gasteiger partial charge in [-0.25, -0.2) is 0 Å². The smallest absolute Gasteiger partial charge is 0.258 e. The van der Waals surface area contributed by atoms with Crippen LogP contribution in [0.25, 0.3) is 0 Å². The van der Waals surface area contributed by atoms with Crippen molar-refractivity contribution in [2.45, 2.75) is 12.6 Å². The largest absolute Gasteiger partial charge is 0.492 e. The van der Waals surface area contributed by atoms with Gasteiger partial charge in [0.1, 0.15) is 36.6 Å². The van der Waals surface area contributed by atoms with Crippen LogP contribution in [0.5, 0.6) is 17.2 Å². The number of nitrogens with one attached hydrogen (secondary N) is 2. The summed E-state index contributed by atoms with van der Waals surface area (Å²) in [6.07, 6.45) is -0.603. The predicted octanol–water partition coefficient (Wildman–Crippen LogP) is 2.85. The second-order valence-electron chi connectivity index (χ2n) is 6.95. The second-order valence-corrected chi connectivity index (χ2v) is 7.98. The average molecular weight is 457 g/mol. The number of hydrogen-bond donors (Lipinski definition) is 3. The standard InChI is InChI=1S/C24H28N2O5S/c27-19(17-30-20-5-2-1-3-6-20)15-25-12-13-29-21-8-10-22(11-9-21)31-18-24(28)26-16-23-7-4-14-32-23/h1-11,14,19,25,27H,12-13,15-18H2,(H,26,28). The van der Waals surface area contributed by atoms with Crippen LogP contribution < -0.4 is 24.8 Å². The summed E-state index contributed by atoms with van der Waals surface area (Å²) >= 11 is 1.60. The summed E-state index contributed by atoms with van der Waals surface area (Å²) in [4.78, 5) is 13.0. The molecule has 0 aliphatic carbocycles. The molecule has 0 aliphatic rings. The monoisotopic (exact) mass is 456 g/mol. The molecule has 3 rings (SSSR count). The normalized spacial score (nSPS) is 11.5. The van der Waals surface area contributed by atoms with Crippen molar-refractivity contribution in [3.05, 3.63) is 77.0 Å². The molecular formula is C24H28N2O5S. The summed E-state index contributed by atoms with van der Waals surface area (Å²) < 4.78 is 16.7. The Morgan fingerprint density at radius 3 is 2.34 bits per heavy atom. The summed E-state index contributed by atoms with van der Waals surface area (Å²) in [5, 5.41) is 17.9. The first-order valence-electron chi connectivity index (χ1n) is 10.4. The van der Waals surface area contributed by atoms with Crippen molar-refractivity contribution in [2.24, 2.45) is 0 Å². The van der Waals surface area contributed by atoms with E-state index in [2.05, 4.69) is 10.6 Å². The number of aliphatic hydroxyl groups is 1. The summed E-state index contributed by atoms with van der Waals surface area (Å²) in [5.41, 5.74) is 0. The molecule has 2 aromatic carbocycles. The van der Waals surface area contributed by atoms with Crippen molar-refractivity contribution in [2.75, 3.05) is 32.9 Å². The molecule has 0 bridgehead atoms. The van der Waals surface area contributed by atoms with Crippen LogP contribution in [0.1, 0.15) is 4.88 Å². The topological polar surface area (TPSA) is 89.1 Å². The van der Waals surface area contributed by atoms with Crippen LogP contribution in [0.2, 0.25) is 0 Å². The fourth-order valence-electron chi connectivity index (χ4n) is 2.71. The zero-order valence-corrected chi connectivity index (χ0v) is 18.6. The van der Waals surface area contributed by atoms with Crippen molar-refractivity contribution >= 4 is 17.2 Å². The summed E-state index contributed by atoms with van der Waals surface area (Å²) in [6, 6.07) is 20.4. The SMILES string of the molecule is O=C(COc1ccc(OCCNCC(O)COc2ccccc2)cc1)NCc1cccs1. The Balaban J connectivity index is 1.23. The van der Waals surface area contributed by atoms with Crippen molar-refractivity contribution in [1.82, 2.24) is 10.6 Å². The predicted molar refractivity (Wildman–Crippen MR) is 124 cm³/mol. The first-order chi connectivity index (χ1) is 15.7. The minimum absolute atomic E-state index is 0.0359. The van der Waals surface area contributed by atoms with Gasteiger partial charge in [-0.05, 0) is 47.8 Å². The molecule has 1 heterocycles. The van der Waals surface area contributed by atoms with Crippen LogP contribution in [-0.2, 0) is 11.3 Å². The van der Waals surface area contributed by atoms with Gasteiger partial charge in [0.05, 0.1) is 6.54 Å². The molecule has 1 atom stereocenters.